The predicted octanol–water partition coefficient (Wildman–Crippen LogP) is 1.79. The fourth-order valence-corrected chi connectivity index (χ4v) is 1.67. The summed E-state index contributed by atoms with van der Waals surface area (Å²) in [5, 5.41) is 8.53. The maximum Gasteiger partial charge on any atom is 0.0635 e. The second-order valence-corrected chi connectivity index (χ2v) is 3.88. The Balaban J connectivity index is 2.06. The van der Waals surface area contributed by atoms with Gasteiger partial charge in [-0.15, -0.1) is 0 Å². The molecule has 3 heteroatoms. The highest BCUT2D eigenvalue weighted by Crippen LogP contribution is 2.26. The first-order valence-electron chi connectivity index (χ1n) is 5.48. The zero-order valence-corrected chi connectivity index (χ0v) is 9.04. The third-order valence-corrected chi connectivity index (χ3v) is 2.62. The van der Waals surface area contributed by atoms with E-state index in [2.05, 4.69) is 11.0 Å². The summed E-state index contributed by atoms with van der Waals surface area (Å²) in [6.07, 6.45) is 5.65. The molecule has 1 saturated carbocycles. The third-order valence-electron chi connectivity index (χ3n) is 2.62. The van der Waals surface area contributed by atoms with Crippen LogP contribution in [-0.2, 0) is 4.74 Å². The van der Waals surface area contributed by atoms with Gasteiger partial charge in [0.05, 0.1) is 6.07 Å². The van der Waals surface area contributed by atoms with Gasteiger partial charge in [-0.05, 0) is 32.2 Å². The number of rotatable bonds is 8. The van der Waals surface area contributed by atoms with Crippen molar-refractivity contribution in [2.24, 2.45) is 0 Å². The van der Waals surface area contributed by atoms with E-state index in [-0.39, 0.29) is 0 Å². The van der Waals surface area contributed by atoms with Crippen LogP contribution in [-0.4, -0.2) is 37.7 Å². The topological polar surface area (TPSA) is 36.3 Å². The molecule has 1 fully saturated rings. The summed E-state index contributed by atoms with van der Waals surface area (Å²) in [6.45, 7) is 2.95. The Bertz CT molecular complexity index is 184. The van der Waals surface area contributed by atoms with E-state index >= 15 is 0 Å². The zero-order valence-electron chi connectivity index (χ0n) is 9.04. The third kappa shape index (κ3) is 4.59. The molecule has 0 aromatic rings. The molecule has 1 aliphatic carbocycles. The Kier molecular flexibility index (Phi) is 5.58. The molecular formula is C11H20N2O. The number of methoxy groups -OCH3 is 1. The minimum Gasteiger partial charge on any atom is -0.385 e. The SMILES string of the molecule is COCCCCN(CCC#N)C1CC1. The molecule has 1 aliphatic rings. The van der Waals surface area contributed by atoms with Crippen LogP contribution < -0.4 is 0 Å². The Morgan fingerprint density at radius 1 is 1.36 bits per heavy atom. The summed E-state index contributed by atoms with van der Waals surface area (Å²) in [4.78, 5) is 2.46. The molecule has 80 valence electrons. The van der Waals surface area contributed by atoms with Crippen molar-refractivity contribution >= 4 is 0 Å². The summed E-state index contributed by atoms with van der Waals surface area (Å²) in [6, 6.07) is 3.00. The smallest absolute Gasteiger partial charge is 0.0635 e. The van der Waals surface area contributed by atoms with Crippen LogP contribution in [0.1, 0.15) is 32.1 Å². The Hall–Kier alpha value is -0.590. The lowest BCUT2D eigenvalue weighted by Gasteiger charge is -2.20. The minimum atomic E-state index is 0.667. The maximum atomic E-state index is 8.53. The lowest BCUT2D eigenvalue weighted by molar-refractivity contribution is 0.182. The summed E-state index contributed by atoms with van der Waals surface area (Å²) in [5.74, 6) is 0. The molecule has 0 aromatic carbocycles. The summed E-state index contributed by atoms with van der Waals surface area (Å²) >= 11 is 0. The lowest BCUT2D eigenvalue weighted by atomic mass is 10.3. The zero-order chi connectivity index (χ0) is 10.2. The van der Waals surface area contributed by atoms with Crippen molar-refractivity contribution in [3.8, 4) is 6.07 Å². The van der Waals surface area contributed by atoms with Crippen molar-refractivity contribution in [2.45, 2.75) is 38.1 Å². The molecule has 0 atom stereocenters. The van der Waals surface area contributed by atoms with E-state index < -0.39 is 0 Å². The van der Waals surface area contributed by atoms with E-state index in [4.69, 9.17) is 10.00 Å². The van der Waals surface area contributed by atoms with Crippen molar-refractivity contribution in [3.05, 3.63) is 0 Å². The van der Waals surface area contributed by atoms with Crippen molar-refractivity contribution in [2.75, 3.05) is 26.8 Å². The van der Waals surface area contributed by atoms with E-state index in [1.54, 1.807) is 7.11 Å². The van der Waals surface area contributed by atoms with E-state index in [1.165, 1.54) is 19.3 Å². The quantitative estimate of drug-likeness (QED) is 0.555. The van der Waals surface area contributed by atoms with Crippen LogP contribution in [0, 0.1) is 11.3 Å². The Morgan fingerprint density at radius 3 is 2.71 bits per heavy atom. The molecule has 0 radical (unpaired) electrons. The Labute approximate surface area is 86.6 Å². The van der Waals surface area contributed by atoms with Crippen LogP contribution in [0.2, 0.25) is 0 Å². The molecule has 0 bridgehead atoms. The number of hydrogen-bond acceptors (Lipinski definition) is 3. The van der Waals surface area contributed by atoms with E-state index in [1.807, 2.05) is 0 Å². The first kappa shape index (κ1) is 11.5. The van der Waals surface area contributed by atoms with E-state index in [0.717, 1.165) is 32.2 Å². The van der Waals surface area contributed by atoms with Gasteiger partial charge in [-0.1, -0.05) is 0 Å². The summed E-state index contributed by atoms with van der Waals surface area (Å²) in [5.41, 5.74) is 0. The first-order chi connectivity index (χ1) is 6.88. The van der Waals surface area contributed by atoms with Crippen LogP contribution in [0.4, 0.5) is 0 Å². The number of hydrogen-bond donors (Lipinski definition) is 0. The average molecular weight is 196 g/mol. The second-order valence-electron chi connectivity index (χ2n) is 3.88. The van der Waals surface area contributed by atoms with Gasteiger partial charge in [0.15, 0.2) is 0 Å². The summed E-state index contributed by atoms with van der Waals surface area (Å²) < 4.78 is 5.01. The molecular weight excluding hydrogens is 176 g/mol. The van der Waals surface area contributed by atoms with Gasteiger partial charge in [-0.3, -0.25) is 4.90 Å². The van der Waals surface area contributed by atoms with Crippen molar-refractivity contribution in [3.63, 3.8) is 0 Å². The summed E-state index contributed by atoms with van der Waals surface area (Å²) in [7, 11) is 1.74. The molecule has 0 amide bonds. The molecule has 14 heavy (non-hydrogen) atoms. The van der Waals surface area contributed by atoms with Crippen LogP contribution in [0.25, 0.3) is 0 Å². The van der Waals surface area contributed by atoms with Gasteiger partial charge < -0.3 is 4.74 Å². The highest BCUT2D eigenvalue weighted by Gasteiger charge is 2.27. The molecule has 0 aliphatic heterocycles. The molecule has 0 saturated heterocycles. The first-order valence-corrected chi connectivity index (χ1v) is 5.48. The van der Waals surface area contributed by atoms with Crippen LogP contribution >= 0.6 is 0 Å². The lowest BCUT2D eigenvalue weighted by Crippen LogP contribution is -2.28. The normalized spacial score (nSPS) is 15.8. The maximum absolute atomic E-state index is 8.53. The van der Waals surface area contributed by atoms with Crippen molar-refractivity contribution < 1.29 is 4.74 Å². The second kappa shape index (κ2) is 6.80. The minimum absolute atomic E-state index is 0.667. The molecule has 0 N–H and O–H groups in total. The van der Waals surface area contributed by atoms with Crippen LogP contribution in [0.3, 0.4) is 0 Å². The van der Waals surface area contributed by atoms with Gasteiger partial charge in [0, 0.05) is 32.7 Å². The molecule has 0 heterocycles. The average Bonchev–Trinajstić information content (AvgIpc) is 3.00. The van der Waals surface area contributed by atoms with E-state index in [0.29, 0.717) is 6.42 Å². The van der Waals surface area contributed by atoms with Gasteiger partial charge >= 0.3 is 0 Å². The fraction of sp³-hybridized carbons (Fsp3) is 0.909. The monoisotopic (exact) mass is 196 g/mol. The molecule has 3 nitrogen and oxygen atoms in total. The predicted molar refractivity (Wildman–Crippen MR) is 55.9 cm³/mol. The molecule has 0 unspecified atom stereocenters. The van der Waals surface area contributed by atoms with Gasteiger partial charge in [0.25, 0.3) is 0 Å². The molecule has 0 aromatic heterocycles. The Morgan fingerprint density at radius 2 is 2.14 bits per heavy atom. The molecule has 0 spiro atoms. The highest BCUT2D eigenvalue weighted by atomic mass is 16.5. The van der Waals surface area contributed by atoms with E-state index in [9.17, 15) is 0 Å². The van der Waals surface area contributed by atoms with Crippen LogP contribution in [0.5, 0.6) is 0 Å². The number of ether oxygens (including phenoxy) is 1. The number of nitrogens with zero attached hydrogens (tertiary/aromatic N) is 2. The fourth-order valence-electron chi connectivity index (χ4n) is 1.67. The highest BCUT2D eigenvalue weighted by molar-refractivity contribution is 4.86. The van der Waals surface area contributed by atoms with Crippen molar-refractivity contribution in [1.29, 1.82) is 5.26 Å². The molecule has 1 rings (SSSR count). The van der Waals surface area contributed by atoms with Gasteiger partial charge in [-0.25, -0.2) is 0 Å². The van der Waals surface area contributed by atoms with Crippen molar-refractivity contribution in [1.82, 2.24) is 4.90 Å². The largest absolute Gasteiger partial charge is 0.385 e. The standard InChI is InChI=1S/C11H20N2O/c1-14-10-3-2-8-13(9-4-7-12)11-5-6-11/h11H,2-6,8-10H2,1H3. The van der Waals surface area contributed by atoms with Gasteiger partial charge in [0.2, 0.25) is 0 Å². The van der Waals surface area contributed by atoms with Gasteiger partial charge in [0.1, 0.15) is 0 Å². The number of nitriles is 1. The van der Waals surface area contributed by atoms with Crippen LogP contribution in [0.15, 0.2) is 0 Å². The number of unbranched alkanes of at least 4 members (excludes halogenated alkanes) is 1. The van der Waals surface area contributed by atoms with Gasteiger partial charge in [-0.2, -0.15) is 5.26 Å².